The molecule has 0 saturated heterocycles. The van der Waals surface area contributed by atoms with Gasteiger partial charge in [0.05, 0.1) is 0 Å². The Morgan fingerprint density at radius 1 is 1.60 bits per heavy atom. The second-order valence-corrected chi connectivity index (χ2v) is 1.07. The average Bonchev–Trinajstić information content (AvgIpc) is 1.38. The van der Waals surface area contributed by atoms with Crippen LogP contribution in [-0.4, -0.2) is 13.3 Å². The Morgan fingerprint density at radius 2 is 1.80 bits per heavy atom. The van der Waals surface area contributed by atoms with Gasteiger partial charge in [-0.15, -0.1) is 0 Å². The van der Waals surface area contributed by atoms with Crippen LogP contribution < -0.4 is 11.5 Å². The van der Waals surface area contributed by atoms with Crippen molar-refractivity contribution in [1.82, 2.24) is 0 Å². The smallest absolute Gasteiger partial charge is 0.156 e. The van der Waals surface area contributed by atoms with Crippen molar-refractivity contribution >= 4 is 7.28 Å². The van der Waals surface area contributed by atoms with Crippen LogP contribution in [0.1, 0.15) is 0 Å². The van der Waals surface area contributed by atoms with E-state index in [9.17, 15) is 0 Å². The standard InChI is InChI=1S/C2H9BN2/c1-3-2(4)5/h2-3H,4-5H2,1H3. The molecule has 0 saturated carbocycles. The third-order valence-corrected chi connectivity index (χ3v) is 0.471. The highest BCUT2D eigenvalue weighted by Crippen LogP contribution is 1.50. The van der Waals surface area contributed by atoms with E-state index in [0.717, 1.165) is 7.28 Å². The fourth-order valence-electron chi connectivity index (χ4n) is 0. The lowest BCUT2D eigenvalue weighted by Crippen LogP contribution is -2.35. The predicted octanol–water partition coefficient (Wildman–Crippen LogP) is -1.33. The third kappa shape index (κ3) is 3.98. The predicted molar refractivity (Wildman–Crippen MR) is 25.2 cm³/mol. The van der Waals surface area contributed by atoms with Crippen LogP contribution in [0, 0.1) is 0 Å². The molecule has 5 heavy (non-hydrogen) atoms. The van der Waals surface area contributed by atoms with Crippen molar-refractivity contribution in [2.24, 2.45) is 11.5 Å². The van der Waals surface area contributed by atoms with Gasteiger partial charge in [-0.05, 0) is 0 Å². The Bertz CT molecular complexity index is 21.6. The molecule has 0 rings (SSSR count). The molecule has 0 atom stereocenters. The first-order valence-electron chi connectivity index (χ1n) is 1.78. The van der Waals surface area contributed by atoms with Crippen LogP contribution in [0.25, 0.3) is 0 Å². The molecule has 0 amide bonds. The summed E-state index contributed by atoms with van der Waals surface area (Å²) in [6.45, 7) is 1.95. The summed E-state index contributed by atoms with van der Waals surface area (Å²) in [6, 6.07) is -0.116. The molecule has 0 aromatic heterocycles. The van der Waals surface area contributed by atoms with E-state index in [-0.39, 0.29) is 6.07 Å². The Balaban J connectivity index is 2.54. The van der Waals surface area contributed by atoms with Crippen molar-refractivity contribution in [2.45, 2.75) is 12.9 Å². The Kier molecular flexibility index (Phi) is 2.23. The Hall–Kier alpha value is -0.0151. The second kappa shape index (κ2) is 2.24. The van der Waals surface area contributed by atoms with Crippen molar-refractivity contribution < 1.29 is 0 Å². The van der Waals surface area contributed by atoms with Gasteiger partial charge in [-0.1, -0.05) is 6.82 Å². The molecule has 3 heteroatoms. The van der Waals surface area contributed by atoms with E-state index in [0.29, 0.717) is 0 Å². The van der Waals surface area contributed by atoms with Gasteiger partial charge in [-0.3, -0.25) is 0 Å². The molecule has 0 fully saturated rings. The molecule has 0 spiro atoms. The summed E-state index contributed by atoms with van der Waals surface area (Å²) in [5.41, 5.74) is 10.1. The zero-order chi connectivity index (χ0) is 4.28. The molecule has 0 aromatic rings. The van der Waals surface area contributed by atoms with Gasteiger partial charge in [-0.2, -0.15) is 0 Å². The first-order chi connectivity index (χ1) is 2.27. The second-order valence-electron chi connectivity index (χ2n) is 1.07. The van der Waals surface area contributed by atoms with Crippen LogP contribution in [0.3, 0.4) is 0 Å². The lowest BCUT2D eigenvalue weighted by atomic mass is 9.79. The lowest BCUT2D eigenvalue weighted by Gasteiger charge is -1.90. The van der Waals surface area contributed by atoms with Crippen molar-refractivity contribution in [1.29, 1.82) is 0 Å². The van der Waals surface area contributed by atoms with Crippen molar-refractivity contribution in [2.75, 3.05) is 0 Å². The maximum absolute atomic E-state index is 5.07. The maximum atomic E-state index is 5.07. The molecule has 0 aromatic carbocycles. The van der Waals surface area contributed by atoms with Gasteiger partial charge < -0.3 is 11.5 Å². The molecular formula is C2H9BN2. The summed E-state index contributed by atoms with van der Waals surface area (Å²) in [7, 11) is 0.861. The molecule has 30 valence electrons. The highest BCUT2D eigenvalue weighted by atomic mass is 14.8. The average molecular weight is 71.9 g/mol. The van der Waals surface area contributed by atoms with Gasteiger partial charge in [-0.25, -0.2) is 0 Å². The van der Waals surface area contributed by atoms with E-state index >= 15 is 0 Å². The normalized spacial score (nSPS) is 8.80. The number of rotatable bonds is 1. The number of hydrogen-bond acceptors (Lipinski definition) is 2. The van der Waals surface area contributed by atoms with E-state index in [2.05, 4.69) is 0 Å². The van der Waals surface area contributed by atoms with E-state index in [1.54, 1.807) is 0 Å². The summed E-state index contributed by atoms with van der Waals surface area (Å²) < 4.78 is 0. The highest BCUT2D eigenvalue weighted by Gasteiger charge is 1.83. The summed E-state index contributed by atoms with van der Waals surface area (Å²) in [5.74, 6) is 0. The summed E-state index contributed by atoms with van der Waals surface area (Å²) in [6.07, 6.45) is 0. The van der Waals surface area contributed by atoms with E-state index in [1.807, 2.05) is 6.82 Å². The minimum absolute atomic E-state index is 0.116. The zero-order valence-corrected chi connectivity index (χ0v) is 3.44. The zero-order valence-electron chi connectivity index (χ0n) is 3.44. The molecule has 0 aliphatic heterocycles. The number of nitrogens with two attached hydrogens (primary N) is 2. The lowest BCUT2D eigenvalue weighted by molar-refractivity contribution is 0.960. The van der Waals surface area contributed by atoms with E-state index in [1.165, 1.54) is 0 Å². The molecule has 0 bridgehead atoms. The largest absolute Gasteiger partial charge is 0.323 e. The van der Waals surface area contributed by atoms with Gasteiger partial charge in [0.2, 0.25) is 0 Å². The van der Waals surface area contributed by atoms with Crippen molar-refractivity contribution in [3.63, 3.8) is 0 Å². The number of hydrogen-bond donors (Lipinski definition) is 2. The Morgan fingerprint density at radius 3 is 1.80 bits per heavy atom. The van der Waals surface area contributed by atoms with Crippen LogP contribution in [0.2, 0.25) is 6.82 Å². The molecule has 4 N–H and O–H groups in total. The molecule has 2 nitrogen and oxygen atoms in total. The van der Waals surface area contributed by atoms with E-state index in [4.69, 9.17) is 11.5 Å². The van der Waals surface area contributed by atoms with Gasteiger partial charge in [0.25, 0.3) is 0 Å². The monoisotopic (exact) mass is 72.1 g/mol. The van der Waals surface area contributed by atoms with Gasteiger partial charge >= 0.3 is 0 Å². The minimum atomic E-state index is -0.116. The summed E-state index contributed by atoms with van der Waals surface area (Å²) >= 11 is 0. The molecule has 0 radical (unpaired) electrons. The third-order valence-electron chi connectivity index (χ3n) is 0.471. The quantitative estimate of drug-likeness (QED) is 0.298. The molecular weight excluding hydrogens is 62.8 g/mol. The van der Waals surface area contributed by atoms with Gasteiger partial charge in [0.15, 0.2) is 7.28 Å². The van der Waals surface area contributed by atoms with Gasteiger partial charge in [0, 0.05) is 6.07 Å². The van der Waals surface area contributed by atoms with Crippen LogP contribution in [0.4, 0.5) is 0 Å². The SMILES string of the molecule is CBC(N)N. The van der Waals surface area contributed by atoms with E-state index < -0.39 is 0 Å². The van der Waals surface area contributed by atoms with Crippen molar-refractivity contribution in [3.05, 3.63) is 0 Å². The van der Waals surface area contributed by atoms with Crippen molar-refractivity contribution in [3.8, 4) is 0 Å². The first kappa shape index (κ1) is 4.98. The van der Waals surface area contributed by atoms with Crippen LogP contribution in [-0.2, 0) is 0 Å². The van der Waals surface area contributed by atoms with Crippen LogP contribution >= 0.6 is 0 Å². The van der Waals surface area contributed by atoms with Crippen LogP contribution in [0.15, 0.2) is 0 Å². The maximum Gasteiger partial charge on any atom is 0.156 e. The highest BCUT2D eigenvalue weighted by molar-refractivity contribution is 6.35. The Labute approximate surface area is 32.8 Å². The topological polar surface area (TPSA) is 52.0 Å². The minimum Gasteiger partial charge on any atom is -0.323 e. The molecule has 0 heterocycles. The van der Waals surface area contributed by atoms with Gasteiger partial charge in [0.1, 0.15) is 0 Å². The molecule has 0 aliphatic rings. The molecule has 0 unspecified atom stereocenters. The first-order valence-corrected chi connectivity index (χ1v) is 1.78. The fourth-order valence-corrected chi connectivity index (χ4v) is 0. The fraction of sp³-hybridized carbons (Fsp3) is 1.00. The summed E-state index contributed by atoms with van der Waals surface area (Å²) in [4.78, 5) is 0. The summed E-state index contributed by atoms with van der Waals surface area (Å²) in [5, 5.41) is 0. The molecule has 0 aliphatic carbocycles. The van der Waals surface area contributed by atoms with Crippen LogP contribution in [0.5, 0.6) is 0 Å².